The van der Waals surface area contributed by atoms with Gasteiger partial charge in [0.05, 0.1) is 26.4 Å². The monoisotopic (exact) mass is 218 g/mol. The number of ether oxygens (including phenoxy) is 3. The minimum Gasteiger partial charge on any atom is -0.379 e. The summed E-state index contributed by atoms with van der Waals surface area (Å²) in [6.45, 7) is 10.8. The standard InChI is InChI=1S/C12H26O3/c1-4-13-8-9-15-11-10-14-7-5-6-12(2)3/h12H,4-11H2,1-3H3. The van der Waals surface area contributed by atoms with Gasteiger partial charge in [-0.25, -0.2) is 0 Å². The Kier molecular flexibility index (Phi) is 11.9. The molecule has 92 valence electrons. The summed E-state index contributed by atoms with van der Waals surface area (Å²) in [6, 6.07) is 0. The van der Waals surface area contributed by atoms with Crippen molar-refractivity contribution in [2.45, 2.75) is 33.6 Å². The Morgan fingerprint density at radius 3 is 1.87 bits per heavy atom. The molecule has 0 saturated carbocycles. The molecule has 0 aromatic carbocycles. The molecular weight excluding hydrogens is 192 g/mol. The summed E-state index contributed by atoms with van der Waals surface area (Å²) in [7, 11) is 0. The fraction of sp³-hybridized carbons (Fsp3) is 1.00. The molecule has 3 heteroatoms. The van der Waals surface area contributed by atoms with E-state index in [-0.39, 0.29) is 0 Å². The van der Waals surface area contributed by atoms with Crippen molar-refractivity contribution in [3.8, 4) is 0 Å². The zero-order chi connectivity index (χ0) is 11.4. The maximum Gasteiger partial charge on any atom is 0.0701 e. The van der Waals surface area contributed by atoms with Gasteiger partial charge in [0, 0.05) is 13.2 Å². The van der Waals surface area contributed by atoms with Crippen molar-refractivity contribution >= 4 is 0 Å². The second-order valence-electron chi connectivity index (χ2n) is 3.96. The second-order valence-corrected chi connectivity index (χ2v) is 3.96. The molecule has 0 heterocycles. The largest absolute Gasteiger partial charge is 0.379 e. The Balaban J connectivity index is 2.87. The molecule has 0 unspecified atom stereocenters. The highest BCUT2D eigenvalue weighted by Gasteiger charge is 1.94. The van der Waals surface area contributed by atoms with Crippen LogP contribution in [0.5, 0.6) is 0 Å². The van der Waals surface area contributed by atoms with E-state index < -0.39 is 0 Å². The van der Waals surface area contributed by atoms with Gasteiger partial charge in [-0.05, 0) is 25.7 Å². The zero-order valence-corrected chi connectivity index (χ0v) is 10.5. The van der Waals surface area contributed by atoms with Gasteiger partial charge in [0.1, 0.15) is 0 Å². The van der Waals surface area contributed by atoms with Crippen LogP contribution >= 0.6 is 0 Å². The highest BCUT2D eigenvalue weighted by Crippen LogP contribution is 2.02. The van der Waals surface area contributed by atoms with Crippen LogP contribution in [0.1, 0.15) is 33.6 Å². The predicted molar refractivity (Wildman–Crippen MR) is 62.2 cm³/mol. The van der Waals surface area contributed by atoms with Crippen molar-refractivity contribution in [2.24, 2.45) is 5.92 Å². The van der Waals surface area contributed by atoms with Crippen LogP contribution in [0.4, 0.5) is 0 Å². The molecule has 3 nitrogen and oxygen atoms in total. The van der Waals surface area contributed by atoms with E-state index in [2.05, 4.69) is 13.8 Å². The summed E-state index contributed by atoms with van der Waals surface area (Å²) < 4.78 is 15.9. The third-order valence-corrected chi connectivity index (χ3v) is 2.02. The molecule has 0 aliphatic rings. The van der Waals surface area contributed by atoms with Crippen LogP contribution in [0.2, 0.25) is 0 Å². The fourth-order valence-electron chi connectivity index (χ4n) is 1.18. The maximum atomic E-state index is 5.42. The molecule has 0 aromatic heterocycles. The summed E-state index contributed by atoms with van der Waals surface area (Å²) in [6.07, 6.45) is 2.39. The van der Waals surface area contributed by atoms with Crippen LogP contribution in [0.3, 0.4) is 0 Å². The molecule has 0 aliphatic carbocycles. The van der Waals surface area contributed by atoms with Crippen molar-refractivity contribution in [1.82, 2.24) is 0 Å². The van der Waals surface area contributed by atoms with Gasteiger partial charge in [-0.3, -0.25) is 0 Å². The van der Waals surface area contributed by atoms with Gasteiger partial charge in [0.25, 0.3) is 0 Å². The zero-order valence-electron chi connectivity index (χ0n) is 10.5. The highest BCUT2D eigenvalue weighted by atomic mass is 16.5. The molecule has 0 fully saturated rings. The molecule has 15 heavy (non-hydrogen) atoms. The predicted octanol–water partition coefficient (Wildman–Crippen LogP) is 2.49. The van der Waals surface area contributed by atoms with Crippen LogP contribution in [-0.4, -0.2) is 39.6 Å². The topological polar surface area (TPSA) is 27.7 Å². The van der Waals surface area contributed by atoms with Gasteiger partial charge >= 0.3 is 0 Å². The molecule has 0 bridgehead atoms. The molecule has 0 saturated heterocycles. The molecule has 0 rings (SSSR count). The van der Waals surface area contributed by atoms with E-state index in [1.165, 1.54) is 6.42 Å². The van der Waals surface area contributed by atoms with Crippen molar-refractivity contribution in [1.29, 1.82) is 0 Å². The van der Waals surface area contributed by atoms with Gasteiger partial charge in [-0.2, -0.15) is 0 Å². The fourth-order valence-corrected chi connectivity index (χ4v) is 1.18. The first-order chi connectivity index (χ1) is 7.27. The lowest BCUT2D eigenvalue weighted by Crippen LogP contribution is -2.09. The van der Waals surface area contributed by atoms with Gasteiger partial charge < -0.3 is 14.2 Å². The molecule has 0 N–H and O–H groups in total. The maximum absolute atomic E-state index is 5.42. The molecule has 0 radical (unpaired) electrons. The normalized spacial score (nSPS) is 11.2. The third kappa shape index (κ3) is 13.9. The quantitative estimate of drug-likeness (QED) is 0.499. The molecular formula is C12H26O3. The number of hydrogen-bond donors (Lipinski definition) is 0. The average molecular weight is 218 g/mol. The molecule has 0 atom stereocenters. The molecule has 0 aliphatic heterocycles. The van der Waals surface area contributed by atoms with E-state index in [1.54, 1.807) is 0 Å². The Hall–Kier alpha value is -0.120. The molecule has 0 spiro atoms. The minimum absolute atomic E-state index is 0.670. The van der Waals surface area contributed by atoms with Crippen LogP contribution in [0.25, 0.3) is 0 Å². The summed E-state index contributed by atoms with van der Waals surface area (Å²) in [5.74, 6) is 0.774. The van der Waals surface area contributed by atoms with Gasteiger partial charge in [-0.15, -0.1) is 0 Å². The lowest BCUT2D eigenvalue weighted by molar-refractivity contribution is 0.0159. The first kappa shape index (κ1) is 14.9. The Morgan fingerprint density at radius 1 is 0.800 bits per heavy atom. The van der Waals surface area contributed by atoms with Crippen molar-refractivity contribution < 1.29 is 14.2 Å². The summed E-state index contributed by atoms with van der Waals surface area (Å²) in [5.41, 5.74) is 0. The second kappa shape index (κ2) is 12.0. The summed E-state index contributed by atoms with van der Waals surface area (Å²) in [4.78, 5) is 0. The third-order valence-electron chi connectivity index (χ3n) is 2.02. The first-order valence-electron chi connectivity index (χ1n) is 6.00. The van der Waals surface area contributed by atoms with Gasteiger partial charge in [0.2, 0.25) is 0 Å². The first-order valence-corrected chi connectivity index (χ1v) is 6.00. The summed E-state index contributed by atoms with van der Waals surface area (Å²) in [5, 5.41) is 0. The van der Waals surface area contributed by atoms with Crippen molar-refractivity contribution in [3.63, 3.8) is 0 Å². The van der Waals surface area contributed by atoms with E-state index in [1.807, 2.05) is 6.92 Å². The smallest absolute Gasteiger partial charge is 0.0701 e. The number of hydrogen-bond acceptors (Lipinski definition) is 3. The van der Waals surface area contributed by atoms with E-state index >= 15 is 0 Å². The number of rotatable bonds is 11. The summed E-state index contributed by atoms with van der Waals surface area (Å²) >= 11 is 0. The Morgan fingerprint density at radius 2 is 1.33 bits per heavy atom. The highest BCUT2D eigenvalue weighted by molar-refractivity contribution is 4.44. The lowest BCUT2D eigenvalue weighted by Gasteiger charge is -2.07. The van der Waals surface area contributed by atoms with Gasteiger partial charge in [0.15, 0.2) is 0 Å². The SMILES string of the molecule is CCOCCOCCOCCCC(C)C. The van der Waals surface area contributed by atoms with E-state index in [9.17, 15) is 0 Å². The average Bonchev–Trinajstić information content (AvgIpc) is 2.20. The Labute approximate surface area is 94.1 Å². The van der Waals surface area contributed by atoms with Crippen LogP contribution in [-0.2, 0) is 14.2 Å². The van der Waals surface area contributed by atoms with E-state index in [0.29, 0.717) is 26.4 Å². The Bertz CT molecular complexity index is 115. The van der Waals surface area contributed by atoms with Gasteiger partial charge in [-0.1, -0.05) is 13.8 Å². The van der Waals surface area contributed by atoms with E-state index in [4.69, 9.17) is 14.2 Å². The van der Waals surface area contributed by atoms with E-state index in [0.717, 1.165) is 25.6 Å². The van der Waals surface area contributed by atoms with Crippen LogP contribution in [0.15, 0.2) is 0 Å². The minimum atomic E-state index is 0.670. The van der Waals surface area contributed by atoms with Crippen LogP contribution < -0.4 is 0 Å². The molecule has 0 amide bonds. The van der Waals surface area contributed by atoms with Crippen LogP contribution in [0, 0.1) is 5.92 Å². The molecule has 0 aromatic rings. The van der Waals surface area contributed by atoms with Crippen molar-refractivity contribution in [2.75, 3.05) is 39.6 Å². The lowest BCUT2D eigenvalue weighted by atomic mass is 10.1. The van der Waals surface area contributed by atoms with Crippen molar-refractivity contribution in [3.05, 3.63) is 0 Å².